The Kier molecular flexibility index (Phi) is 5.17. The van der Waals surface area contributed by atoms with Gasteiger partial charge in [-0.25, -0.2) is 3.96 Å². The number of benzene rings is 3. The van der Waals surface area contributed by atoms with Crippen molar-refractivity contribution in [2.24, 2.45) is 4.40 Å². The summed E-state index contributed by atoms with van der Waals surface area (Å²) >= 11 is 1.20. The topological polar surface area (TPSA) is 64.3 Å². The van der Waals surface area contributed by atoms with E-state index in [1.165, 1.54) is 11.5 Å². The fourth-order valence-corrected chi connectivity index (χ4v) is 4.82. The standard InChI is InChI=1S/C22H19N3O2S2/c1-16-8-12-19(13-9-16)25-21(18-6-4-3-5-7-18)23-22(28-25)24-29(26,27)20-14-10-17(2)11-15-20/h3-15H,1-2H3. The maximum Gasteiger partial charge on any atom is 0.285 e. The van der Waals surface area contributed by atoms with Gasteiger partial charge in [-0.3, -0.25) is 0 Å². The Hall–Kier alpha value is -3.03. The largest absolute Gasteiger partial charge is 0.285 e. The van der Waals surface area contributed by atoms with Gasteiger partial charge in [0.05, 0.1) is 10.6 Å². The van der Waals surface area contributed by atoms with Crippen molar-refractivity contribution in [3.8, 4) is 17.1 Å². The summed E-state index contributed by atoms with van der Waals surface area (Å²) in [5, 5.41) is 0. The van der Waals surface area contributed by atoms with Gasteiger partial charge in [-0.2, -0.15) is 13.4 Å². The Balaban J connectivity index is 1.88. The van der Waals surface area contributed by atoms with E-state index in [4.69, 9.17) is 0 Å². The lowest BCUT2D eigenvalue weighted by Gasteiger charge is -2.06. The third-order valence-corrected chi connectivity index (χ3v) is 6.69. The minimum atomic E-state index is -3.85. The first kappa shape index (κ1) is 19.3. The van der Waals surface area contributed by atoms with E-state index in [0.29, 0.717) is 5.82 Å². The molecule has 0 aliphatic carbocycles. The smallest absolute Gasteiger partial charge is 0.246 e. The molecule has 0 amide bonds. The molecule has 0 radical (unpaired) electrons. The molecule has 1 heterocycles. The molecule has 29 heavy (non-hydrogen) atoms. The third-order valence-electron chi connectivity index (χ3n) is 4.38. The number of aromatic nitrogens is 2. The van der Waals surface area contributed by atoms with E-state index in [0.717, 1.165) is 22.4 Å². The number of sulfonamides is 1. The molecule has 3 aromatic carbocycles. The second-order valence-electron chi connectivity index (χ2n) is 6.68. The van der Waals surface area contributed by atoms with E-state index in [-0.39, 0.29) is 9.70 Å². The number of rotatable bonds is 4. The highest BCUT2D eigenvalue weighted by molar-refractivity contribution is 7.90. The molecule has 0 spiro atoms. The van der Waals surface area contributed by atoms with Gasteiger partial charge in [-0.05, 0) is 49.6 Å². The van der Waals surface area contributed by atoms with Crippen LogP contribution < -0.4 is 4.80 Å². The maximum atomic E-state index is 12.7. The Labute approximate surface area is 173 Å². The van der Waals surface area contributed by atoms with E-state index in [9.17, 15) is 8.42 Å². The van der Waals surface area contributed by atoms with Gasteiger partial charge in [-0.15, -0.1) is 4.40 Å². The first-order valence-corrected chi connectivity index (χ1v) is 11.2. The lowest BCUT2D eigenvalue weighted by atomic mass is 10.2. The number of hydrogen-bond donors (Lipinski definition) is 0. The normalized spacial score (nSPS) is 12.3. The highest BCUT2D eigenvalue weighted by Gasteiger charge is 2.15. The van der Waals surface area contributed by atoms with Crippen LogP contribution in [0.4, 0.5) is 0 Å². The molecule has 0 fully saturated rings. The molecule has 0 saturated heterocycles. The first-order chi connectivity index (χ1) is 13.9. The lowest BCUT2D eigenvalue weighted by Crippen LogP contribution is -2.06. The van der Waals surface area contributed by atoms with Crippen LogP contribution in [0.1, 0.15) is 11.1 Å². The van der Waals surface area contributed by atoms with Crippen molar-refractivity contribution < 1.29 is 8.42 Å². The monoisotopic (exact) mass is 421 g/mol. The zero-order valence-electron chi connectivity index (χ0n) is 16.0. The Morgan fingerprint density at radius 3 is 2.03 bits per heavy atom. The highest BCUT2D eigenvalue weighted by atomic mass is 32.2. The Morgan fingerprint density at radius 2 is 1.41 bits per heavy atom. The summed E-state index contributed by atoms with van der Waals surface area (Å²) in [7, 11) is -3.85. The molecule has 5 nitrogen and oxygen atoms in total. The van der Waals surface area contributed by atoms with Gasteiger partial charge in [0.2, 0.25) is 4.80 Å². The van der Waals surface area contributed by atoms with Crippen molar-refractivity contribution in [2.75, 3.05) is 0 Å². The van der Waals surface area contributed by atoms with Crippen LogP contribution in [-0.2, 0) is 10.0 Å². The van der Waals surface area contributed by atoms with Gasteiger partial charge in [-0.1, -0.05) is 65.7 Å². The predicted molar refractivity (Wildman–Crippen MR) is 116 cm³/mol. The van der Waals surface area contributed by atoms with Crippen LogP contribution in [0.2, 0.25) is 0 Å². The molecule has 4 rings (SSSR count). The zero-order chi connectivity index (χ0) is 20.4. The zero-order valence-corrected chi connectivity index (χ0v) is 17.6. The number of aryl methyl sites for hydroxylation is 2. The summed E-state index contributed by atoms with van der Waals surface area (Å²) in [5.41, 5.74) is 3.92. The van der Waals surface area contributed by atoms with Crippen LogP contribution in [-0.4, -0.2) is 17.4 Å². The van der Waals surface area contributed by atoms with E-state index < -0.39 is 10.0 Å². The minimum Gasteiger partial charge on any atom is -0.246 e. The van der Waals surface area contributed by atoms with E-state index >= 15 is 0 Å². The molecule has 0 bridgehead atoms. The van der Waals surface area contributed by atoms with Gasteiger partial charge < -0.3 is 0 Å². The van der Waals surface area contributed by atoms with Gasteiger partial charge in [0.1, 0.15) is 0 Å². The van der Waals surface area contributed by atoms with Crippen LogP contribution in [0.25, 0.3) is 17.1 Å². The predicted octanol–water partition coefficient (Wildman–Crippen LogP) is 4.51. The maximum absolute atomic E-state index is 12.7. The summed E-state index contributed by atoms with van der Waals surface area (Å²) < 4.78 is 31.4. The Morgan fingerprint density at radius 1 is 0.828 bits per heavy atom. The van der Waals surface area contributed by atoms with Crippen LogP contribution in [0.15, 0.2) is 88.2 Å². The molecule has 0 aliphatic rings. The second kappa shape index (κ2) is 7.77. The van der Waals surface area contributed by atoms with Crippen LogP contribution in [0.5, 0.6) is 0 Å². The van der Waals surface area contributed by atoms with Gasteiger partial charge in [0.25, 0.3) is 10.0 Å². The molecular formula is C22H19N3O2S2. The molecule has 0 saturated carbocycles. The molecule has 1 aromatic heterocycles. The third kappa shape index (κ3) is 4.21. The summed E-state index contributed by atoms with van der Waals surface area (Å²) in [6.45, 7) is 3.93. The van der Waals surface area contributed by atoms with Crippen LogP contribution >= 0.6 is 11.5 Å². The SMILES string of the molecule is Cc1ccc(-n2sc(=NS(=O)(=O)c3ccc(C)cc3)nc2-c2ccccc2)cc1. The molecule has 7 heteroatoms. The summed E-state index contributed by atoms with van der Waals surface area (Å²) in [5.74, 6) is 0.650. The van der Waals surface area contributed by atoms with E-state index in [2.05, 4.69) is 9.38 Å². The minimum absolute atomic E-state index is 0.154. The molecule has 0 aliphatic heterocycles. The first-order valence-electron chi connectivity index (χ1n) is 9.03. The quantitative estimate of drug-likeness (QED) is 0.487. The van der Waals surface area contributed by atoms with Gasteiger partial charge in [0, 0.05) is 5.56 Å². The van der Waals surface area contributed by atoms with Crippen molar-refractivity contribution >= 4 is 21.6 Å². The van der Waals surface area contributed by atoms with Crippen molar-refractivity contribution in [1.82, 2.24) is 8.94 Å². The number of nitrogens with zero attached hydrogens (tertiary/aromatic N) is 3. The molecular weight excluding hydrogens is 402 g/mol. The summed E-state index contributed by atoms with van der Waals surface area (Å²) in [6, 6.07) is 24.3. The van der Waals surface area contributed by atoms with E-state index in [1.54, 1.807) is 24.3 Å². The molecule has 0 atom stereocenters. The average molecular weight is 422 g/mol. The summed E-state index contributed by atoms with van der Waals surface area (Å²) in [4.78, 5) is 4.88. The number of hydrogen-bond acceptors (Lipinski definition) is 4. The molecule has 146 valence electrons. The van der Waals surface area contributed by atoms with E-state index in [1.807, 2.05) is 72.4 Å². The highest BCUT2D eigenvalue weighted by Crippen LogP contribution is 2.23. The average Bonchev–Trinajstić information content (AvgIpc) is 3.12. The fourth-order valence-electron chi connectivity index (χ4n) is 2.81. The fraction of sp³-hybridized carbons (Fsp3) is 0.0909. The van der Waals surface area contributed by atoms with Gasteiger partial charge in [0.15, 0.2) is 5.82 Å². The van der Waals surface area contributed by atoms with Gasteiger partial charge >= 0.3 is 0 Å². The van der Waals surface area contributed by atoms with Crippen LogP contribution in [0.3, 0.4) is 0 Å². The van der Waals surface area contributed by atoms with Crippen molar-refractivity contribution in [3.05, 3.63) is 94.8 Å². The molecule has 0 unspecified atom stereocenters. The summed E-state index contributed by atoms with van der Waals surface area (Å²) in [6.07, 6.45) is 0. The lowest BCUT2D eigenvalue weighted by molar-refractivity contribution is 0.596. The second-order valence-corrected chi connectivity index (χ2v) is 9.20. The molecule has 0 N–H and O–H groups in total. The van der Waals surface area contributed by atoms with Crippen molar-refractivity contribution in [3.63, 3.8) is 0 Å². The Bertz CT molecular complexity index is 1300. The van der Waals surface area contributed by atoms with Crippen molar-refractivity contribution in [1.29, 1.82) is 0 Å². The van der Waals surface area contributed by atoms with Crippen molar-refractivity contribution in [2.45, 2.75) is 18.7 Å². The van der Waals surface area contributed by atoms with Crippen LogP contribution in [0, 0.1) is 13.8 Å². The molecule has 4 aromatic rings.